The van der Waals surface area contributed by atoms with E-state index >= 15 is 0 Å². The number of fused-ring (bicyclic) bond motifs is 3. The van der Waals surface area contributed by atoms with Gasteiger partial charge in [0.2, 0.25) is 0 Å². The number of imidazole rings is 1. The molecule has 2 fully saturated rings. The van der Waals surface area contributed by atoms with Gasteiger partial charge in [-0.15, -0.1) is 0 Å². The lowest BCUT2D eigenvalue weighted by atomic mass is 9.84. The van der Waals surface area contributed by atoms with Crippen molar-refractivity contribution in [3.05, 3.63) is 30.1 Å². The van der Waals surface area contributed by atoms with Crippen LogP contribution in [0.1, 0.15) is 31.0 Å². The molecule has 20 heavy (non-hydrogen) atoms. The molecule has 4 atom stereocenters. The number of nitrogens with zero attached hydrogens (tertiary/aromatic N) is 2. The number of aliphatic hydroxyl groups excluding tert-OH is 1. The standard InChI is InChI=1S/C16H21N3O/c17-15-11-6-5-10(9-11)14(15)16-18-12-3-1-2-4-13(12)19(16)7-8-20/h1-4,10-11,14-15,20H,5-9,17H2. The van der Waals surface area contributed by atoms with Gasteiger partial charge in [-0.05, 0) is 43.2 Å². The minimum atomic E-state index is 0.142. The molecule has 4 heteroatoms. The number of rotatable bonds is 3. The van der Waals surface area contributed by atoms with Gasteiger partial charge in [0.1, 0.15) is 5.82 Å². The highest BCUT2D eigenvalue weighted by atomic mass is 16.3. The fourth-order valence-electron chi connectivity index (χ4n) is 4.40. The van der Waals surface area contributed by atoms with Crippen molar-refractivity contribution in [2.45, 2.75) is 37.8 Å². The van der Waals surface area contributed by atoms with Crippen LogP contribution in [-0.2, 0) is 6.54 Å². The van der Waals surface area contributed by atoms with Crippen molar-refractivity contribution >= 4 is 11.0 Å². The average molecular weight is 271 g/mol. The molecule has 2 bridgehead atoms. The Bertz CT molecular complexity index is 634. The van der Waals surface area contributed by atoms with Gasteiger partial charge in [-0.2, -0.15) is 0 Å². The Hall–Kier alpha value is -1.39. The van der Waals surface area contributed by atoms with E-state index in [1.54, 1.807) is 0 Å². The van der Waals surface area contributed by atoms with Gasteiger partial charge in [0.05, 0.1) is 17.6 Å². The third-order valence-corrected chi connectivity index (χ3v) is 5.29. The van der Waals surface area contributed by atoms with Gasteiger partial charge in [-0.25, -0.2) is 4.98 Å². The molecule has 0 amide bonds. The predicted molar refractivity (Wildman–Crippen MR) is 78.4 cm³/mol. The summed E-state index contributed by atoms with van der Waals surface area (Å²) in [6.45, 7) is 0.750. The maximum absolute atomic E-state index is 9.38. The van der Waals surface area contributed by atoms with Crippen molar-refractivity contribution in [2.75, 3.05) is 6.61 Å². The summed E-state index contributed by atoms with van der Waals surface area (Å²) in [4.78, 5) is 4.85. The van der Waals surface area contributed by atoms with E-state index < -0.39 is 0 Å². The first-order valence-corrected chi connectivity index (χ1v) is 7.61. The van der Waals surface area contributed by atoms with Crippen LogP contribution in [0.25, 0.3) is 11.0 Å². The Morgan fingerprint density at radius 3 is 2.80 bits per heavy atom. The zero-order chi connectivity index (χ0) is 13.7. The maximum atomic E-state index is 9.38. The van der Waals surface area contributed by atoms with Crippen LogP contribution in [0.2, 0.25) is 0 Å². The second-order valence-corrected chi connectivity index (χ2v) is 6.27. The van der Waals surface area contributed by atoms with E-state index in [2.05, 4.69) is 10.6 Å². The van der Waals surface area contributed by atoms with Crippen LogP contribution in [0.15, 0.2) is 24.3 Å². The summed E-state index contributed by atoms with van der Waals surface area (Å²) in [6, 6.07) is 8.42. The van der Waals surface area contributed by atoms with Crippen LogP contribution in [0, 0.1) is 11.8 Å². The third kappa shape index (κ3) is 1.64. The molecule has 1 heterocycles. The number of aliphatic hydroxyl groups is 1. The van der Waals surface area contributed by atoms with Crippen molar-refractivity contribution in [2.24, 2.45) is 17.6 Å². The van der Waals surface area contributed by atoms with Crippen molar-refractivity contribution in [1.29, 1.82) is 0 Å². The first-order valence-electron chi connectivity index (χ1n) is 7.61. The van der Waals surface area contributed by atoms with E-state index in [9.17, 15) is 5.11 Å². The minimum absolute atomic E-state index is 0.142. The smallest absolute Gasteiger partial charge is 0.114 e. The number of para-hydroxylation sites is 2. The Kier molecular flexibility index (Phi) is 2.82. The molecule has 2 aliphatic rings. The van der Waals surface area contributed by atoms with E-state index in [0.717, 1.165) is 16.9 Å². The number of benzene rings is 1. The molecule has 106 valence electrons. The molecule has 2 saturated carbocycles. The van der Waals surface area contributed by atoms with Gasteiger partial charge in [0.25, 0.3) is 0 Å². The Balaban J connectivity index is 1.84. The topological polar surface area (TPSA) is 64.1 Å². The van der Waals surface area contributed by atoms with Gasteiger partial charge in [0, 0.05) is 18.5 Å². The van der Waals surface area contributed by atoms with Crippen LogP contribution in [0.5, 0.6) is 0 Å². The van der Waals surface area contributed by atoms with Crippen molar-refractivity contribution < 1.29 is 5.11 Å². The van der Waals surface area contributed by atoms with Crippen LogP contribution < -0.4 is 5.73 Å². The second kappa shape index (κ2) is 4.57. The highest BCUT2D eigenvalue weighted by Crippen LogP contribution is 2.52. The van der Waals surface area contributed by atoms with E-state index in [0.29, 0.717) is 24.3 Å². The average Bonchev–Trinajstić information content (AvgIpc) is 3.13. The molecule has 4 nitrogen and oxygen atoms in total. The lowest BCUT2D eigenvalue weighted by Crippen LogP contribution is -2.35. The highest BCUT2D eigenvalue weighted by molar-refractivity contribution is 5.76. The first kappa shape index (κ1) is 12.4. The Labute approximate surface area is 118 Å². The van der Waals surface area contributed by atoms with Gasteiger partial charge in [0.15, 0.2) is 0 Å². The fourth-order valence-corrected chi connectivity index (χ4v) is 4.40. The summed E-state index contributed by atoms with van der Waals surface area (Å²) in [5.74, 6) is 2.82. The van der Waals surface area contributed by atoms with Gasteiger partial charge in [-0.1, -0.05) is 12.1 Å². The zero-order valence-electron chi connectivity index (χ0n) is 11.6. The Morgan fingerprint density at radius 1 is 1.25 bits per heavy atom. The van der Waals surface area contributed by atoms with Crippen molar-refractivity contribution in [3.63, 3.8) is 0 Å². The summed E-state index contributed by atoms with van der Waals surface area (Å²) in [7, 11) is 0. The molecule has 4 unspecified atom stereocenters. The summed E-state index contributed by atoms with van der Waals surface area (Å²) in [6.07, 6.45) is 3.82. The van der Waals surface area contributed by atoms with E-state index in [-0.39, 0.29) is 12.6 Å². The third-order valence-electron chi connectivity index (χ3n) is 5.29. The molecule has 0 radical (unpaired) electrons. The number of hydrogen-bond acceptors (Lipinski definition) is 3. The number of nitrogens with two attached hydrogens (primary N) is 1. The van der Waals surface area contributed by atoms with Gasteiger partial charge >= 0.3 is 0 Å². The lowest BCUT2D eigenvalue weighted by molar-refractivity contribution is 0.270. The summed E-state index contributed by atoms with van der Waals surface area (Å²) in [5.41, 5.74) is 8.60. The van der Waals surface area contributed by atoms with Crippen LogP contribution >= 0.6 is 0 Å². The summed E-state index contributed by atoms with van der Waals surface area (Å²) >= 11 is 0. The summed E-state index contributed by atoms with van der Waals surface area (Å²) < 4.78 is 2.18. The van der Waals surface area contributed by atoms with Crippen molar-refractivity contribution in [3.8, 4) is 0 Å². The largest absolute Gasteiger partial charge is 0.395 e. The summed E-state index contributed by atoms with van der Waals surface area (Å²) in [5, 5.41) is 9.38. The monoisotopic (exact) mass is 271 g/mol. The van der Waals surface area contributed by atoms with Crippen LogP contribution in [0.4, 0.5) is 0 Å². The SMILES string of the molecule is NC1C2CCC(C2)C1c1nc2ccccc2n1CCO. The molecule has 0 aliphatic heterocycles. The molecule has 0 saturated heterocycles. The molecule has 1 aromatic carbocycles. The van der Waals surface area contributed by atoms with E-state index in [4.69, 9.17) is 10.7 Å². The van der Waals surface area contributed by atoms with Crippen LogP contribution in [-0.4, -0.2) is 27.3 Å². The fraction of sp³-hybridized carbons (Fsp3) is 0.562. The van der Waals surface area contributed by atoms with Gasteiger partial charge in [-0.3, -0.25) is 0 Å². The van der Waals surface area contributed by atoms with Crippen molar-refractivity contribution in [1.82, 2.24) is 9.55 Å². The molecule has 4 rings (SSSR count). The quantitative estimate of drug-likeness (QED) is 0.895. The molecule has 2 aliphatic carbocycles. The molecule has 1 aromatic heterocycles. The molecular formula is C16H21N3O. The molecule has 0 spiro atoms. The zero-order valence-corrected chi connectivity index (χ0v) is 11.6. The normalized spacial score (nSPS) is 32.3. The van der Waals surface area contributed by atoms with E-state index in [1.165, 1.54) is 19.3 Å². The lowest BCUT2D eigenvalue weighted by Gasteiger charge is -2.28. The molecule has 3 N–H and O–H groups in total. The molecular weight excluding hydrogens is 250 g/mol. The Morgan fingerprint density at radius 2 is 2.05 bits per heavy atom. The predicted octanol–water partition coefficient (Wildman–Crippen LogP) is 1.87. The van der Waals surface area contributed by atoms with E-state index in [1.807, 2.05) is 18.2 Å². The molecule has 2 aromatic rings. The van der Waals surface area contributed by atoms with Crippen LogP contribution in [0.3, 0.4) is 0 Å². The maximum Gasteiger partial charge on any atom is 0.114 e. The number of hydrogen-bond donors (Lipinski definition) is 2. The highest BCUT2D eigenvalue weighted by Gasteiger charge is 2.48. The number of aromatic nitrogens is 2. The first-order chi connectivity index (χ1) is 9.79. The second-order valence-electron chi connectivity index (χ2n) is 6.27. The van der Waals surface area contributed by atoms with Gasteiger partial charge < -0.3 is 15.4 Å². The minimum Gasteiger partial charge on any atom is -0.395 e.